The standard InChI is InChI=1S/C17H14N2/c1-13-10-15(14-6-3-2-4-7-14)12-16(11-13)17-18-8-5-9-19-17/h2-12H,1H3. The fourth-order valence-electron chi connectivity index (χ4n) is 2.16. The van der Waals surface area contributed by atoms with Gasteiger partial charge in [0, 0.05) is 18.0 Å². The molecule has 0 bridgehead atoms. The van der Waals surface area contributed by atoms with Gasteiger partial charge in [0.15, 0.2) is 5.82 Å². The predicted molar refractivity (Wildman–Crippen MR) is 77.6 cm³/mol. The largest absolute Gasteiger partial charge is 0.237 e. The Labute approximate surface area is 112 Å². The van der Waals surface area contributed by atoms with E-state index < -0.39 is 0 Å². The highest BCUT2D eigenvalue weighted by atomic mass is 14.8. The van der Waals surface area contributed by atoms with Crippen LogP contribution < -0.4 is 0 Å². The smallest absolute Gasteiger partial charge is 0.159 e. The molecule has 0 spiro atoms. The molecule has 0 aliphatic heterocycles. The van der Waals surface area contributed by atoms with Crippen molar-refractivity contribution in [2.45, 2.75) is 6.92 Å². The van der Waals surface area contributed by atoms with Crippen LogP contribution in [0.15, 0.2) is 67.0 Å². The van der Waals surface area contributed by atoms with Crippen molar-refractivity contribution < 1.29 is 0 Å². The van der Waals surface area contributed by atoms with E-state index in [0.717, 1.165) is 11.4 Å². The first-order valence-electron chi connectivity index (χ1n) is 6.27. The summed E-state index contributed by atoms with van der Waals surface area (Å²) in [6.45, 7) is 2.10. The number of benzene rings is 2. The first-order chi connectivity index (χ1) is 9.33. The third kappa shape index (κ3) is 2.52. The maximum Gasteiger partial charge on any atom is 0.159 e. The third-order valence-electron chi connectivity index (χ3n) is 3.01. The third-order valence-corrected chi connectivity index (χ3v) is 3.01. The molecule has 1 heterocycles. The van der Waals surface area contributed by atoms with Crippen molar-refractivity contribution in [1.82, 2.24) is 9.97 Å². The summed E-state index contributed by atoms with van der Waals surface area (Å²) in [6.07, 6.45) is 3.54. The molecule has 19 heavy (non-hydrogen) atoms. The zero-order valence-corrected chi connectivity index (χ0v) is 10.7. The Hall–Kier alpha value is -2.48. The van der Waals surface area contributed by atoms with Crippen LogP contribution in [-0.2, 0) is 0 Å². The Morgan fingerprint density at radius 3 is 2.11 bits per heavy atom. The van der Waals surface area contributed by atoms with Crippen molar-refractivity contribution in [2.24, 2.45) is 0 Å². The van der Waals surface area contributed by atoms with Crippen LogP contribution in [0.5, 0.6) is 0 Å². The minimum atomic E-state index is 0.767. The molecular formula is C17H14N2. The minimum Gasteiger partial charge on any atom is -0.237 e. The summed E-state index contributed by atoms with van der Waals surface area (Å²) < 4.78 is 0. The van der Waals surface area contributed by atoms with Gasteiger partial charge in [0.05, 0.1) is 0 Å². The van der Waals surface area contributed by atoms with Crippen molar-refractivity contribution in [1.29, 1.82) is 0 Å². The molecule has 2 nitrogen and oxygen atoms in total. The molecule has 2 heteroatoms. The van der Waals surface area contributed by atoms with Gasteiger partial charge in [-0.3, -0.25) is 0 Å². The molecular weight excluding hydrogens is 232 g/mol. The molecule has 0 N–H and O–H groups in total. The first-order valence-corrected chi connectivity index (χ1v) is 6.27. The monoisotopic (exact) mass is 246 g/mol. The van der Waals surface area contributed by atoms with E-state index in [1.807, 2.05) is 12.1 Å². The van der Waals surface area contributed by atoms with Crippen LogP contribution >= 0.6 is 0 Å². The molecule has 0 saturated heterocycles. The highest BCUT2D eigenvalue weighted by Crippen LogP contribution is 2.25. The Morgan fingerprint density at radius 2 is 1.37 bits per heavy atom. The topological polar surface area (TPSA) is 25.8 Å². The molecule has 0 radical (unpaired) electrons. The van der Waals surface area contributed by atoms with Gasteiger partial charge in [0.2, 0.25) is 0 Å². The molecule has 0 amide bonds. The van der Waals surface area contributed by atoms with Gasteiger partial charge in [0.25, 0.3) is 0 Å². The summed E-state index contributed by atoms with van der Waals surface area (Å²) in [7, 11) is 0. The van der Waals surface area contributed by atoms with Gasteiger partial charge in [-0.2, -0.15) is 0 Å². The Bertz CT molecular complexity index is 618. The number of aryl methyl sites for hydroxylation is 1. The van der Waals surface area contributed by atoms with E-state index in [-0.39, 0.29) is 0 Å². The summed E-state index contributed by atoms with van der Waals surface area (Å²) in [5.41, 5.74) is 4.68. The summed E-state index contributed by atoms with van der Waals surface area (Å²) in [5, 5.41) is 0. The van der Waals surface area contributed by atoms with Gasteiger partial charge in [0.1, 0.15) is 0 Å². The minimum absolute atomic E-state index is 0.767. The zero-order chi connectivity index (χ0) is 13.1. The van der Waals surface area contributed by atoms with Crippen LogP contribution in [0.1, 0.15) is 5.56 Å². The quantitative estimate of drug-likeness (QED) is 0.679. The summed E-state index contributed by atoms with van der Waals surface area (Å²) in [5.74, 6) is 0.767. The molecule has 0 aliphatic rings. The SMILES string of the molecule is Cc1cc(-c2ccccc2)cc(-c2ncccn2)c1. The molecule has 3 rings (SSSR count). The molecule has 92 valence electrons. The van der Waals surface area contributed by atoms with E-state index in [4.69, 9.17) is 0 Å². The van der Waals surface area contributed by atoms with Crippen LogP contribution in [-0.4, -0.2) is 9.97 Å². The lowest BCUT2D eigenvalue weighted by atomic mass is 10.00. The van der Waals surface area contributed by atoms with E-state index in [2.05, 4.69) is 59.4 Å². The highest BCUT2D eigenvalue weighted by molar-refractivity contribution is 5.71. The zero-order valence-electron chi connectivity index (χ0n) is 10.7. The van der Waals surface area contributed by atoms with Crippen molar-refractivity contribution in [3.63, 3.8) is 0 Å². The summed E-state index contributed by atoms with van der Waals surface area (Å²) in [4.78, 5) is 8.63. The van der Waals surface area contributed by atoms with Crippen molar-refractivity contribution >= 4 is 0 Å². The van der Waals surface area contributed by atoms with Crippen LogP contribution in [0.3, 0.4) is 0 Å². The second-order valence-electron chi connectivity index (χ2n) is 4.53. The summed E-state index contributed by atoms with van der Waals surface area (Å²) >= 11 is 0. The number of hydrogen-bond donors (Lipinski definition) is 0. The molecule has 1 aromatic heterocycles. The Morgan fingerprint density at radius 1 is 0.684 bits per heavy atom. The molecule has 0 fully saturated rings. The van der Waals surface area contributed by atoms with E-state index in [1.165, 1.54) is 16.7 Å². The normalized spacial score (nSPS) is 10.4. The van der Waals surface area contributed by atoms with Gasteiger partial charge < -0.3 is 0 Å². The van der Waals surface area contributed by atoms with Crippen LogP contribution in [0.2, 0.25) is 0 Å². The lowest BCUT2D eigenvalue weighted by molar-refractivity contribution is 1.17. The molecule has 2 aromatic carbocycles. The van der Waals surface area contributed by atoms with Crippen molar-refractivity contribution in [3.05, 3.63) is 72.6 Å². The highest BCUT2D eigenvalue weighted by Gasteiger charge is 2.04. The fourth-order valence-corrected chi connectivity index (χ4v) is 2.16. The van der Waals surface area contributed by atoms with E-state index >= 15 is 0 Å². The van der Waals surface area contributed by atoms with Gasteiger partial charge in [-0.1, -0.05) is 36.4 Å². The molecule has 0 aliphatic carbocycles. The maximum absolute atomic E-state index is 4.31. The van der Waals surface area contributed by atoms with Gasteiger partial charge >= 0.3 is 0 Å². The van der Waals surface area contributed by atoms with Crippen molar-refractivity contribution in [3.8, 4) is 22.5 Å². The Balaban J connectivity index is 2.12. The number of rotatable bonds is 2. The van der Waals surface area contributed by atoms with Crippen molar-refractivity contribution in [2.75, 3.05) is 0 Å². The van der Waals surface area contributed by atoms with Gasteiger partial charge in [-0.25, -0.2) is 9.97 Å². The summed E-state index contributed by atoms with van der Waals surface area (Å²) in [6, 6.07) is 18.6. The number of aromatic nitrogens is 2. The Kier molecular flexibility index (Phi) is 3.07. The van der Waals surface area contributed by atoms with Crippen LogP contribution in [0.4, 0.5) is 0 Å². The fraction of sp³-hybridized carbons (Fsp3) is 0.0588. The van der Waals surface area contributed by atoms with E-state index in [0.29, 0.717) is 0 Å². The number of nitrogens with zero attached hydrogens (tertiary/aromatic N) is 2. The molecule has 3 aromatic rings. The molecule has 0 saturated carbocycles. The maximum atomic E-state index is 4.31. The second kappa shape index (κ2) is 5.02. The average Bonchev–Trinajstić information content (AvgIpc) is 2.48. The van der Waals surface area contributed by atoms with Crippen LogP contribution in [0, 0.1) is 6.92 Å². The van der Waals surface area contributed by atoms with Gasteiger partial charge in [-0.15, -0.1) is 0 Å². The number of hydrogen-bond acceptors (Lipinski definition) is 2. The molecule has 0 unspecified atom stereocenters. The van der Waals surface area contributed by atoms with E-state index in [9.17, 15) is 0 Å². The van der Waals surface area contributed by atoms with Crippen LogP contribution in [0.25, 0.3) is 22.5 Å². The lowest BCUT2D eigenvalue weighted by Gasteiger charge is -2.07. The average molecular weight is 246 g/mol. The lowest BCUT2D eigenvalue weighted by Crippen LogP contribution is -1.89. The first kappa shape index (κ1) is 11.6. The second-order valence-corrected chi connectivity index (χ2v) is 4.53. The van der Waals surface area contributed by atoms with E-state index in [1.54, 1.807) is 12.4 Å². The van der Waals surface area contributed by atoms with Gasteiger partial charge in [-0.05, 0) is 41.8 Å². The predicted octanol–water partition coefficient (Wildman–Crippen LogP) is 4.12. The molecule has 0 atom stereocenters.